The molecule has 0 spiro atoms. The van der Waals surface area contributed by atoms with Crippen LogP contribution in [0.1, 0.15) is 57.8 Å². The molecule has 0 rings (SSSR count). The molecule has 0 aromatic rings. The van der Waals surface area contributed by atoms with Gasteiger partial charge in [0.25, 0.3) is 0 Å². The molecule has 0 saturated carbocycles. The molecule has 0 aliphatic rings. The first kappa shape index (κ1) is 22.6. The number of halogens is 5. The van der Waals surface area contributed by atoms with Crippen molar-refractivity contribution >= 4 is 10.0 Å². The molecule has 3 nitrogen and oxygen atoms in total. The van der Waals surface area contributed by atoms with Gasteiger partial charge in [-0.25, -0.2) is 13.1 Å². The maximum Gasteiger partial charge on any atom is 0.453 e. The Morgan fingerprint density at radius 1 is 0.826 bits per heavy atom. The zero-order chi connectivity index (χ0) is 18.0. The summed E-state index contributed by atoms with van der Waals surface area (Å²) in [6.07, 6.45) is -1.51. The highest BCUT2D eigenvalue weighted by atomic mass is 32.2. The van der Waals surface area contributed by atoms with Crippen molar-refractivity contribution in [2.24, 2.45) is 0 Å². The van der Waals surface area contributed by atoms with Crippen molar-refractivity contribution in [3.05, 3.63) is 6.92 Å². The van der Waals surface area contributed by atoms with E-state index in [1.165, 1.54) is 0 Å². The van der Waals surface area contributed by atoms with Crippen molar-refractivity contribution in [1.29, 1.82) is 0 Å². The predicted octanol–water partition coefficient (Wildman–Crippen LogP) is 4.45. The van der Waals surface area contributed by atoms with E-state index in [0.29, 0.717) is 6.42 Å². The summed E-state index contributed by atoms with van der Waals surface area (Å²) in [6, 6.07) is 0. The van der Waals surface area contributed by atoms with E-state index < -0.39 is 41.5 Å². The van der Waals surface area contributed by atoms with E-state index in [9.17, 15) is 30.4 Å². The van der Waals surface area contributed by atoms with E-state index >= 15 is 0 Å². The Bertz CT molecular complexity index is 410. The van der Waals surface area contributed by atoms with Gasteiger partial charge >= 0.3 is 12.1 Å². The summed E-state index contributed by atoms with van der Waals surface area (Å²) >= 11 is 0. The van der Waals surface area contributed by atoms with Crippen LogP contribution in [0.15, 0.2) is 0 Å². The van der Waals surface area contributed by atoms with E-state index in [2.05, 4.69) is 11.6 Å². The lowest BCUT2D eigenvalue weighted by atomic mass is 10.1. The highest BCUT2D eigenvalue weighted by molar-refractivity contribution is 7.89. The molecule has 1 N–H and O–H groups in total. The molecule has 23 heavy (non-hydrogen) atoms. The monoisotopic (exact) mass is 366 g/mol. The Morgan fingerprint density at radius 2 is 1.35 bits per heavy atom. The van der Waals surface area contributed by atoms with Gasteiger partial charge in [0.1, 0.15) is 0 Å². The van der Waals surface area contributed by atoms with Crippen molar-refractivity contribution in [2.45, 2.75) is 69.9 Å². The van der Waals surface area contributed by atoms with Crippen molar-refractivity contribution in [1.82, 2.24) is 4.72 Å². The molecule has 0 saturated heterocycles. The molecule has 0 amide bonds. The number of alkyl halides is 5. The SMILES string of the molecule is [CH2]CCCCCCCCS(=O)(=O)NCCCC(F)(F)C(F)(F)F. The molecule has 1 radical (unpaired) electrons. The highest BCUT2D eigenvalue weighted by Crippen LogP contribution is 2.38. The number of rotatable bonds is 13. The Morgan fingerprint density at radius 3 is 1.87 bits per heavy atom. The van der Waals surface area contributed by atoms with Crippen LogP contribution in [0.2, 0.25) is 0 Å². The van der Waals surface area contributed by atoms with E-state index in [0.717, 1.165) is 38.5 Å². The van der Waals surface area contributed by atoms with Crippen LogP contribution in [0.5, 0.6) is 0 Å². The van der Waals surface area contributed by atoms with Gasteiger partial charge in [0.2, 0.25) is 10.0 Å². The van der Waals surface area contributed by atoms with Crippen LogP contribution in [0, 0.1) is 6.92 Å². The molecule has 0 aromatic carbocycles. The minimum absolute atomic E-state index is 0.141. The Kier molecular flexibility index (Phi) is 10.2. The average molecular weight is 366 g/mol. The third-order valence-electron chi connectivity index (χ3n) is 3.32. The van der Waals surface area contributed by atoms with Gasteiger partial charge in [-0.1, -0.05) is 45.4 Å². The van der Waals surface area contributed by atoms with E-state index in [1.54, 1.807) is 0 Å². The number of hydrogen-bond donors (Lipinski definition) is 1. The fourth-order valence-corrected chi connectivity index (χ4v) is 3.11. The van der Waals surface area contributed by atoms with E-state index in [1.807, 2.05) is 0 Å². The summed E-state index contributed by atoms with van der Waals surface area (Å²) < 4.78 is 86.2. The summed E-state index contributed by atoms with van der Waals surface area (Å²) in [7, 11) is -3.62. The minimum Gasteiger partial charge on any atom is -0.215 e. The first-order valence-corrected chi connectivity index (χ1v) is 9.38. The lowest BCUT2D eigenvalue weighted by molar-refractivity contribution is -0.284. The van der Waals surface area contributed by atoms with Gasteiger partial charge in [0.05, 0.1) is 5.75 Å². The van der Waals surface area contributed by atoms with Gasteiger partial charge in [0, 0.05) is 13.0 Å². The summed E-state index contributed by atoms with van der Waals surface area (Å²) in [6.45, 7) is 3.30. The van der Waals surface area contributed by atoms with Crippen molar-refractivity contribution in [3.8, 4) is 0 Å². The van der Waals surface area contributed by atoms with Gasteiger partial charge < -0.3 is 0 Å². The number of unbranched alkanes of at least 4 members (excludes halogenated alkanes) is 6. The van der Waals surface area contributed by atoms with Crippen LogP contribution in [-0.4, -0.2) is 32.8 Å². The molecule has 0 aliphatic carbocycles. The molecule has 139 valence electrons. The van der Waals surface area contributed by atoms with Gasteiger partial charge in [-0.05, 0) is 12.8 Å². The lowest BCUT2D eigenvalue weighted by Crippen LogP contribution is -2.37. The zero-order valence-electron chi connectivity index (χ0n) is 13.1. The molecule has 0 unspecified atom stereocenters. The molecule has 0 aliphatic heterocycles. The predicted molar refractivity (Wildman–Crippen MR) is 79.7 cm³/mol. The van der Waals surface area contributed by atoms with Crippen LogP contribution >= 0.6 is 0 Å². The third kappa shape index (κ3) is 10.9. The van der Waals surface area contributed by atoms with Gasteiger partial charge in [-0.15, -0.1) is 0 Å². The van der Waals surface area contributed by atoms with E-state index in [-0.39, 0.29) is 5.75 Å². The second-order valence-electron chi connectivity index (χ2n) is 5.49. The van der Waals surface area contributed by atoms with Crippen molar-refractivity contribution in [3.63, 3.8) is 0 Å². The topological polar surface area (TPSA) is 46.2 Å². The second-order valence-corrected chi connectivity index (χ2v) is 7.42. The first-order chi connectivity index (χ1) is 10.5. The number of nitrogens with one attached hydrogen (secondary N) is 1. The van der Waals surface area contributed by atoms with Gasteiger partial charge in [0.15, 0.2) is 0 Å². The normalized spacial score (nSPS) is 13.5. The molecule has 0 aromatic heterocycles. The Labute approximate surface area is 135 Å². The fraction of sp³-hybridized carbons (Fsp3) is 0.929. The zero-order valence-corrected chi connectivity index (χ0v) is 13.9. The largest absolute Gasteiger partial charge is 0.453 e. The number of hydrogen-bond acceptors (Lipinski definition) is 2. The van der Waals surface area contributed by atoms with Crippen LogP contribution in [0.25, 0.3) is 0 Å². The van der Waals surface area contributed by atoms with Gasteiger partial charge in [-0.2, -0.15) is 22.0 Å². The molecule has 9 heteroatoms. The molecule has 0 fully saturated rings. The Hall–Kier alpha value is -0.440. The van der Waals surface area contributed by atoms with Crippen LogP contribution in [0.4, 0.5) is 22.0 Å². The van der Waals surface area contributed by atoms with Crippen LogP contribution in [-0.2, 0) is 10.0 Å². The van der Waals surface area contributed by atoms with E-state index in [4.69, 9.17) is 0 Å². The number of sulfonamides is 1. The summed E-state index contributed by atoms with van der Waals surface area (Å²) in [5.41, 5.74) is 0. The molecular formula is C14H25F5NO2S. The summed E-state index contributed by atoms with van der Waals surface area (Å²) in [5, 5.41) is 0. The van der Waals surface area contributed by atoms with Gasteiger partial charge in [-0.3, -0.25) is 0 Å². The van der Waals surface area contributed by atoms with Crippen LogP contribution in [0.3, 0.4) is 0 Å². The standard InChI is InChI=1S/C14H25F5NO2S/c1-2-3-4-5-6-7-8-12-23(21,22)20-11-9-10-13(15,16)14(17,18)19/h20H,1-12H2. The molecule has 0 bridgehead atoms. The lowest BCUT2D eigenvalue weighted by Gasteiger charge is -2.19. The summed E-state index contributed by atoms with van der Waals surface area (Å²) in [5.74, 6) is -4.93. The first-order valence-electron chi connectivity index (χ1n) is 7.73. The Balaban J connectivity index is 3.81. The third-order valence-corrected chi connectivity index (χ3v) is 4.79. The quantitative estimate of drug-likeness (QED) is 0.387. The average Bonchev–Trinajstić information content (AvgIpc) is 2.41. The molecule has 0 atom stereocenters. The molecular weight excluding hydrogens is 341 g/mol. The maximum absolute atomic E-state index is 12.6. The second kappa shape index (κ2) is 10.4. The smallest absolute Gasteiger partial charge is 0.215 e. The van der Waals surface area contributed by atoms with Crippen molar-refractivity contribution in [2.75, 3.05) is 12.3 Å². The maximum atomic E-state index is 12.6. The highest BCUT2D eigenvalue weighted by Gasteiger charge is 2.56. The minimum atomic E-state index is -5.60. The van der Waals surface area contributed by atoms with Crippen molar-refractivity contribution < 1.29 is 30.4 Å². The molecule has 0 heterocycles. The fourth-order valence-electron chi connectivity index (χ4n) is 1.93. The summed E-state index contributed by atoms with van der Waals surface area (Å²) in [4.78, 5) is 0. The van der Waals surface area contributed by atoms with Crippen LogP contribution < -0.4 is 4.72 Å².